The summed E-state index contributed by atoms with van der Waals surface area (Å²) in [6.45, 7) is 3.70. The zero-order valence-electron chi connectivity index (χ0n) is 9.47. The van der Waals surface area contributed by atoms with Crippen LogP contribution in [0.3, 0.4) is 0 Å². The van der Waals surface area contributed by atoms with E-state index < -0.39 is 6.36 Å². The van der Waals surface area contributed by atoms with Crippen LogP contribution in [0.4, 0.5) is 13.2 Å². The van der Waals surface area contributed by atoms with Crippen molar-refractivity contribution in [2.75, 3.05) is 13.1 Å². The third-order valence-electron chi connectivity index (χ3n) is 2.90. The van der Waals surface area contributed by atoms with E-state index in [9.17, 15) is 13.2 Å². The van der Waals surface area contributed by atoms with Gasteiger partial charge in [0.2, 0.25) is 0 Å². The van der Waals surface area contributed by atoms with Gasteiger partial charge in [0.05, 0.1) is 0 Å². The molecule has 0 aromatic heterocycles. The maximum absolute atomic E-state index is 12.1. The molecule has 2 nitrogen and oxygen atoms in total. The number of nitrogens with one attached hydrogen (secondary N) is 1. The smallest absolute Gasteiger partial charge is 0.406 e. The van der Waals surface area contributed by atoms with Gasteiger partial charge in [-0.2, -0.15) is 0 Å². The van der Waals surface area contributed by atoms with E-state index in [1.165, 1.54) is 12.1 Å². The van der Waals surface area contributed by atoms with Crippen LogP contribution in [0.5, 0.6) is 5.75 Å². The molecule has 0 unspecified atom stereocenters. The zero-order valence-corrected chi connectivity index (χ0v) is 9.47. The van der Waals surface area contributed by atoms with E-state index in [0.29, 0.717) is 5.92 Å². The summed E-state index contributed by atoms with van der Waals surface area (Å²) in [6.07, 6.45) is -3.89. The number of hydrogen-bond acceptors (Lipinski definition) is 2. The van der Waals surface area contributed by atoms with Crippen molar-refractivity contribution in [2.24, 2.45) is 0 Å². The molecule has 0 spiro atoms. The second-order valence-electron chi connectivity index (χ2n) is 4.26. The molecule has 0 radical (unpaired) electrons. The van der Waals surface area contributed by atoms with Gasteiger partial charge < -0.3 is 10.1 Å². The van der Waals surface area contributed by atoms with Crippen molar-refractivity contribution in [1.82, 2.24) is 5.32 Å². The lowest BCUT2D eigenvalue weighted by atomic mass is 9.95. The fourth-order valence-electron chi connectivity index (χ4n) is 2.13. The van der Waals surface area contributed by atoms with Gasteiger partial charge in [-0.05, 0) is 42.1 Å². The first-order chi connectivity index (χ1) is 7.96. The molecule has 0 amide bonds. The van der Waals surface area contributed by atoms with Gasteiger partial charge in [-0.3, -0.25) is 0 Å². The number of benzene rings is 1. The molecule has 1 aromatic carbocycles. The predicted molar refractivity (Wildman–Crippen MR) is 58.1 cm³/mol. The lowest BCUT2D eigenvalue weighted by Crippen LogP contribution is -2.18. The van der Waals surface area contributed by atoms with E-state index >= 15 is 0 Å². The molecule has 1 heterocycles. The summed E-state index contributed by atoms with van der Waals surface area (Å²) in [5.74, 6) is 0.179. The highest BCUT2D eigenvalue weighted by Crippen LogP contribution is 2.29. The number of alkyl halides is 3. The number of fused-ring (bicyclic) bond motifs is 1. The van der Waals surface area contributed by atoms with E-state index in [4.69, 9.17) is 0 Å². The fourth-order valence-corrected chi connectivity index (χ4v) is 2.13. The first-order valence-electron chi connectivity index (χ1n) is 5.55. The number of ether oxygens (including phenoxy) is 1. The summed E-state index contributed by atoms with van der Waals surface area (Å²) in [5, 5.41) is 3.25. The Bertz CT molecular complexity index is 403. The Morgan fingerprint density at radius 1 is 1.35 bits per heavy atom. The molecule has 0 bridgehead atoms. The quantitative estimate of drug-likeness (QED) is 0.821. The lowest BCUT2D eigenvalue weighted by molar-refractivity contribution is -0.274. The van der Waals surface area contributed by atoms with E-state index in [2.05, 4.69) is 17.0 Å². The summed E-state index contributed by atoms with van der Waals surface area (Å²) >= 11 is 0. The topological polar surface area (TPSA) is 21.3 Å². The Morgan fingerprint density at radius 3 is 2.82 bits per heavy atom. The molecule has 94 valence electrons. The van der Waals surface area contributed by atoms with Gasteiger partial charge in [-0.1, -0.05) is 13.0 Å². The van der Waals surface area contributed by atoms with E-state index in [1.807, 2.05) is 0 Å². The molecule has 1 N–H and O–H groups in total. The highest BCUT2D eigenvalue weighted by atomic mass is 19.4. The first-order valence-corrected chi connectivity index (χ1v) is 5.55. The largest absolute Gasteiger partial charge is 0.573 e. The Hall–Kier alpha value is -1.23. The molecular formula is C12H14F3NO. The van der Waals surface area contributed by atoms with Gasteiger partial charge >= 0.3 is 6.36 Å². The van der Waals surface area contributed by atoms with Crippen molar-refractivity contribution in [3.05, 3.63) is 29.3 Å². The third-order valence-corrected chi connectivity index (χ3v) is 2.90. The number of halogens is 3. The Balaban J connectivity index is 2.27. The van der Waals surface area contributed by atoms with Crippen LogP contribution in [0, 0.1) is 0 Å². The summed E-state index contributed by atoms with van der Waals surface area (Å²) in [6, 6.07) is 4.61. The van der Waals surface area contributed by atoms with Crippen LogP contribution in [0.2, 0.25) is 0 Å². The average molecular weight is 245 g/mol. The number of rotatable bonds is 1. The first kappa shape index (κ1) is 12.2. The van der Waals surface area contributed by atoms with Crippen LogP contribution in [-0.4, -0.2) is 19.5 Å². The van der Waals surface area contributed by atoms with Crippen LogP contribution in [0.25, 0.3) is 0 Å². The monoisotopic (exact) mass is 245 g/mol. The predicted octanol–water partition coefficient (Wildman–Crippen LogP) is 2.83. The molecular weight excluding hydrogens is 231 g/mol. The molecule has 1 aromatic rings. The van der Waals surface area contributed by atoms with Crippen LogP contribution in [0.15, 0.2) is 18.2 Å². The maximum atomic E-state index is 12.1. The molecule has 0 fully saturated rings. The third kappa shape index (κ3) is 3.12. The van der Waals surface area contributed by atoms with Gasteiger partial charge in [0, 0.05) is 6.54 Å². The molecule has 17 heavy (non-hydrogen) atoms. The fraction of sp³-hybridized carbons (Fsp3) is 0.500. The second kappa shape index (κ2) is 4.56. The van der Waals surface area contributed by atoms with Crippen LogP contribution < -0.4 is 10.1 Å². The Labute approximate surface area is 97.8 Å². The van der Waals surface area contributed by atoms with Crippen molar-refractivity contribution in [3.8, 4) is 5.75 Å². The van der Waals surface area contributed by atoms with Gasteiger partial charge in [0.1, 0.15) is 5.75 Å². The SMILES string of the molecule is C[C@H]1CNCCc2cc(OC(F)(F)F)ccc21. The standard InChI is InChI=1S/C12H14F3NO/c1-8-7-16-5-4-9-6-10(2-3-11(8)9)17-12(13,14)15/h2-3,6,8,16H,4-5,7H2,1H3/t8-/m0/s1. The second-order valence-corrected chi connectivity index (χ2v) is 4.26. The van der Waals surface area contributed by atoms with Crippen LogP contribution >= 0.6 is 0 Å². The molecule has 1 aliphatic heterocycles. The Kier molecular flexibility index (Phi) is 3.28. The zero-order chi connectivity index (χ0) is 12.5. The highest BCUT2D eigenvalue weighted by molar-refractivity contribution is 5.38. The lowest BCUT2D eigenvalue weighted by Gasteiger charge is -2.14. The van der Waals surface area contributed by atoms with Gasteiger partial charge in [-0.25, -0.2) is 0 Å². The minimum atomic E-state index is -4.62. The molecule has 1 aliphatic rings. The molecule has 2 rings (SSSR count). The minimum Gasteiger partial charge on any atom is -0.406 e. The molecule has 0 aliphatic carbocycles. The normalized spacial score (nSPS) is 20.6. The average Bonchev–Trinajstić information content (AvgIpc) is 2.38. The molecule has 1 atom stereocenters. The Morgan fingerprint density at radius 2 is 2.12 bits per heavy atom. The number of hydrogen-bond donors (Lipinski definition) is 1. The van der Waals surface area contributed by atoms with Crippen molar-refractivity contribution < 1.29 is 17.9 Å². The highest BCUT2D eigenvalue weighted by Gasteiger charge is 2.31. The molecule has 0 saturated heterocycles. The van der Waals surface area contributed by atoms with Crippen molar-refractivity contribution in [2.45, 2.75) is 25.6 Å². The molecule has 5 heteroatoms. The van der Waals surface area contributed by atoms with E-state index in [-0.39, 0.29) is 5.75 Å². The van der Waals surface area contributed by atoms with Crippen molar-refractivity contribution in [1.29, 1.82) is 0 Å². The van der Waals surface area contributed by atoms with E-state index in [1.54, 1.807) is 6.07 Å². The molecule has 0 saturated carbocycles. The minimum absolute atomic E-state index is 0.134. The van der Waals surface area contributed by atoms with Crippen LogP contribution in [0.1, 0.15) is 24.0 Å². The van der Waals surface area contributed by atoms with Crippen molar-refractivity contribution >= 4 is 0 Å². The summed E-state index contributed by atoms with van der Waals surface area (Å²) < 4.78 is 40.2. The summed E-state index contributed by atoms with van der Waals surface area (Å²) in [7, 11) is 0. The van der Waals surface area contributed by atoms with Crippen LogP contribution in [-0.2, 0) is 6.42 Å². The van der Waals surface area contributed by atoms with Crippen molar-refractivity contribution in [3.63, 3.8) is 0 Å². The maximum Gasteiger partial charge on any atom is 0.573 e. The van der Waals surface area contributed by atoms with Gasteiger partial charge in [0.25, 0.3) is 0 Å². The van der Waals surface area contributed by atoms with Gasteiger partial charge in [0.15, 0.2) is 0 Å². The summed E-state index contributed by atoms with van der Waals surface area (Å²) in [4.78, 5) is 0. The van der Waals surface area contributed by atoms with Gasteiger partial charge in [-0.15, -0.1) is 13.2 Å². The summed E-state index contributed by atoms with van der Waals surface area (Å²) in [5.41, 5.74) is 2.04. The van der Waals surface area contributed by atoms with E-state index in [0.717, 1.165) is 30.6 Å².